The van der Waals surface area contributed by atoms with E-state index in [1.807, 2.05) is 0 Å². The van der Waals surface area contributed by atoms with E-state index < -0.39 is 49.5 Å². The molecule has 0 aliphatic carbocycles. The first-order chi connectivity index (χ1) is 15.2. The molecule has 2 heterocycles. The molecule has 0 amide bonds. The molecule has 1 fully saturated rings. The standard InChI is InChI=1S/C22H27NO9/c1-9-2-3-10(4-13(9)25)21-16(7-12-14(26)5-11(23)6-15(12)30-21)31-22-20(29)19(28)18(27)17(8-24)32-22/h2-6,16-22,24-29H,7-8,23H2,1H3/t16?,17?,18-,19+,20?,21-,22-/m1/s1. The largest absolute Gasteiger partial charge is 0.508 e. The topological polar surface area (TPSA) is 175 Å². The van der Waals surface area contributed by atoms with Crippen LogP contribution in [0.15, 0.2) is 30.3 Å². The van der Waals surface area contributed by atoms with Gasteiger partial charge in [0, 0.05) is 29.8 Å². The van der Waals surface area contributed by atoms with Gasteiger partial charge in [-0.25, -0.2) is 0 Å². The Balaban J connectivity index is 1.68. The second-order valence-corrected chi connectivity index (χ2v) is 8.18. The number of hydrogen-bond donors (Lipinski definition) is 7. The van der Waals surface area contributed by atoms with Crippen LogP contribution in [0.2, 0.25) is 0 Å². The number of nitrogens with two attached hydrogens (primary N) is 1. The highest BCUT2D eigenvalue weighted by molar-refractivity contribution is 5.57. The maximum absolute atomic E-state index is 10.4. The monoisotopic (exact) mass is 449 g/mol. The quantitative estimate of drug-likeness (QED) is 0.311. The highest BCUT2D eigenvalue weighted by Gasteiger charge is 2.46. The molecule has 2 aromatic carbocycles. The average Bonchev–Trinajstić information content (AvgIpc) is 2.76. The summed E-state index contributed by atoms with van der Waals surface area (Å²) in [5, 5.41) is 60.5. The fraction of sp³-hybridized carbons (Fsp3) is 0.455. The third-order valence-corrected chi connectivity index (χ3v) is 5.92. The van der Waals surface area contributed by atoms with Crippen molar-refractivity contribution >= 4 is 5.69 Å². The van der Waals surface area contributed by atoms with E-state index in [1.165, 1.54) is 12.1 Å². The van der Waals surface area contributed by atoms with Gasteiger partial charge in [0.05, 0.1) is 6.61 Å². The Morgan fingerprint density at radius 1 is 1.03 bits per heavy atom. The fourth-order valence-corrected chi connectivity index (χ4v) is 4.04. The van der Waals surface area contributed by atoms with E-state index in [2.05, 4.69) is 0 Å². The Hall–Kier alpha value is -2.60. The molecule has 0 spiro atoms. The molecule has 32 heavy (non-hydrogen) atoms. The second-order valence-electron chi connectivity index (χ2n) is 8.18. The molecule has 10 heteroatoms. The fourth-order valence-electron chi connectivity index (χ4n) is 4.04. The zero-order valence-electron chi connectivity index (χ0n) is 17.3. The van der Waals surface area contributed by atoms with Gasteiger partial charge in [0.1, 0.15) is 47.8 Å². The zero-order chi connectivity index (χ0) is 23.2. The Kier molecular flexibility index (Phi) is 6.17. The summed E-state index contributed by atoms with van der Waals surface area (Å²) in [6.45, 7) is 1.15. The van der Waals surface area contributed by atoms with Crippen molar-refractivity contribution < 1.29 is 44.8 Å². The van der Waals surface area contributed by atoms with Crippen molar-refractivity contribution in [3.63, 3.8) is 0 Å². The molecular weight excluding hydrogens is 422 g/mol. The number of aryl methyl sites for hydroxylation is 1. The van der Waals surface area contributed by atoms with Gasteiger partial charge in [-0.2, -0.15) is 0 Å². The van der Waals surface area contributed by atoms with Crippen LogP contribution in [0.4, 0.5) is 5.69 Å². The Morgan fingerprint density at radius 2 is 1.78 bits per heavy atom. The van der Waals surface area contributed by atoms with E-state index in [9.17, 15) is 30.6 Å². The van der Waals surface area contributed by atoms with Crippen molar-refractivity contribution in [2.45, 2.75) is 56.3 Å². The molecule has 0 aromatic heterocycles. The molecule has 0 radical (unpaired) electrons. The lowest BCUT2D eigenvalue weighted by atomic mass is 9.92. The predicted molar refractivity (Wildman–Crippen MR) is 111 cm³/mol. The van der Waals surface area contributed by atoms with Crippen LogP contribution in [-0.4, -0.2) is 74.1 Å². The van der Waals surface area contributed by atoms with Crippen LogP contribution in [0.3, 0.4) is 0 Å². The van der Waals surface area contributed by atoms with Gasteiger partial charge in [0.15, 0.2) is 12.4 Å². The number of hydrogen-bond acceptors (Lipinski definition) is 10. The van der Waals surface area contributed by atoms with E-state index >= 15 is 0 Å². The molecule has 4 rings (SSSR count). The molecular formula is C22H27NO9. The summed E-state index contributed by atoms with van der Waals surface area (Å²) in [5.41, 5.74) is 7.80. The van der Waals surface area contributed by atoms with Crippen LogP contribution in [0.5, 0.6) is 17.2 Å². The molecule has 174 valence electrons. The van der Waals surface area contributed by atoms with Crippen LogP contribution in [0, 0.1) is 6.92 Å². The van der Waals surface area contributed by atoms with Crippen LogP contribution < -0.4 is 10.5 Å². The summed E-state index contributed by atoms with van der Waals surface area (Å²) in [6.07, 6.45) is -8.73. The van der Waals surface area contributed by atoms with Crippen molar-refractivity contribution in [3.8, 4) is 17.2 Å². The van der Waals surface area contributed by atoms with Crippen LogP contribution in [0.25, 0.3) is 0 Å². The number of phenols is 2. The lowest BCUT2D eigenvalue weighted by Crippen LogP contribution is -2.60. The molecule has 0 bridgehead atoms. The van der Waals surface area contributed by atoms with Gasteiger partial charge in [-0.15, -0.1) is 0 Å². The van der Waals surface area contributed by atoms with Crippen molar-refractivity contribution in [1.29, 1.82) is 0 Å². The summed E-state index contributed by atoms with van der Waals surface area (Å²) < 4.78 is 17.5. The summed E-state index contributed by atoms with van der Waals surface area (Å²) in [5.74, 6) is 0.313. The maximum atomic E-state index is 10.4. The highest BCUT2D eigenvalue weighted by atomic mass is 16.7. The molecule has 8 N–H and O–H groups in total. The van der Waals surface area contributed by atoms with E-state index in [0.717, 1.165) is 0 Å². The van der Waals surface area contributed by atoms with E-state index in [0.29, 0.717) is 28.1 Å². The van der Waals surface area contributed by atoms with E-state index in [4.69, 9.17) is 19.9 Å². The van der Waals surface area contributed by atoms with Gasteiger partial charge in [-0.1, -0.05) is 12.1 Å². The van der Waals surface area contributed by atoms with Gasteiger partial charge in [0.25, 0.3) is 0 Å². The smallest absolute Gasteiger partial charge is 0.187 e. The number of aliphatic hydroxyl groups excluding tert-OH is 4. The number of nitrogen functional groups attached to an aromatic ring is 1. The summed E-state index contributed by atoms with van der Waals surface area (Å²) in [7, 11) is 0. The first kappa shape index (κ1) is 22.6. The Morgan fingerprint density at radius 3 is 2.47 bits per heavy atom. The highest BCUT2D eigenvalue weighted by Crippen LogP contribution is 2.43. The lowest BCUT2D eigenvalue weighted by molar-refractivity contribution is -0.317. The molecule has 2 aliphatic heterocycles. The number of rotatable bonds is 4. The van der Waals surface area contributed by atoms with Crippen molar-refractivity contribution in [1.82, 2.24) is 0 Å². The molecule has 10 nitrogen and oxygen atoms in total. The number of aliphatic hydroxyl groups is 4. The first-order valence-corrected chi connectivity index (χ1v) is 10.2. The third kappa shape index (κ3) is 4.08. The first-order valence-electron chi connectivity index (χ1n) is 10.2. The number of anilines is 1. The SMILES string of the molecule is Cc1ccc([C@H]2Oc3cc(N)cc(O)c3CC2O[C@@H]2OC(CO)[C@@H](O)[C@H](O)C2O)cc1O. The van der Waals surface area contributed by atoms with E-state index in [1.54, 1.807) is 25.1 Å². The molecule has 7 atom stereocenters. The lowest BCUT2D eigenvalue weighted by Gasteiger charge is -2.43. The van der Waals surface area contributed by atoms with Gasteiger partial charge >= 0.3 is 0 Å². The minimum Gasteiger partial charge on any atom is -0.508 e. The molecule has 3 unspecified atom stereocenters. The normalized spacial score (nSPS) is 32.2. The van der Waals surface area contributed by atoms with Crippen molar-refractivity contribution in [2.24, 2.45) is 0 Å². The number of phenolic OH excluding ortho intramolecular Hbond substituents is 2. The van der Waals surface area contributed by atoms with Crippen LogP contribution in [0.1, 0.15) is 22.8 Å². The maximum Gasteiger partial charge on any atom is 0.187 e. The van der Waals surface area contributed by atoms with Gasteiger partial charge in [-0.3, -0.25) is 0 Å². The van der Waals surface area contributed by atoms with Gasteiger partial charge in [-0.05, 0) is 24.1 Å². The second kappa shape index (κ2) is 8.74. The number of ether oxygens (including phenoxy) is 3. The number of benzene rings is 2. The molecule has 1 saturated heterocycles. The number of fused-ring (bicyclic) bond motifs is 1. The number of aromatic hydroxyl groups is 2. The van der Waals surface area contributed by atoms with Crippen LogP contribution in [-0.2, 0) is 15.9 Å². The summed E-state index contributed by atoms with van der Waals surface area (Å²) in [4.78, 5) is 0. The average molecular weight is 449 g/mol. The Bertz CT molecular complexity index is 982. The minimum atomic E-state index is -1.60. The molecule has 2 aromatic rings. The third-order valence-electron chi connectivity index (χ3n) is 5.92. The Labute approximate surface area is 184 Å². The zero-order valence-corrected chi connectivity index (χ0v) is 17.3. The predicted octanol–water partition coefficient (Wildman–Crippen LogP) is -0.150. The van der Waals surface area contributed by atoms with Crippen LogP contribution >= 0.6 is 0 Å². The summed E-state index contributed by atoms with van der Waals surface area (Å²) >= 11 is 0. The summed E-state index contributed by atoms with van der Waals surface area (Å²) in [6, 6.07) is 7.94. The molecule has 0 saturated carbocycles. The molecule has 2 aliphatic rings. The minimum absolute atomic E-state index is 0.0545. The van der Waals surface area contributed by atoms with Crippen molar-refractivity contribution in [3.05, 3.63) is 47.0 Å². The van der Waals surface area contributed by atoms with Gasteiger partial charge in [0.2, 0.25) is 0 Å². The van der Waals surface area contributed by atoms with E-state index in [-0.39, 0.29) is 17.9 Å². The van der Waals surface area contributed by atoms with Gasteiger partial charge < -0.3 is 50.6 Å². The van der Waals surface area contributed by atoms with Crippen molar-refractivity contribution in [2.75, 3.05) is 12.3 Å².